The lowest BCUT2D eigenvalue weighted by Gasteiger charge is -2.25. The lowest BCUT2D eigenvalue weighted by molar-refractivity contribution is 0.177. The van der Waals surface area contributed by atoms with Crippen molar-refractivity contribution in [3.05, 3.63) is 23.3 Å². The summed E-state index contributed by atoms with van der Waals surface area (Å²) in [6, 6.07) is 4.17. The number of hydrogen-bond acceptors (Lipinski definition) is 4. The number of benzene rings is 1. The molecular weight excluding hydrogens is 242 g/mol. The molecule has 0 heterocycles. The van der Waals surface area contributed by atoms with E-state index in [2.05, 4.69) is 13.0 Å². The molecule has 4 heteroatoms. The molecule has 0 aromatic heterocycles. The molecule has 0 amide bonds. The van der Waals surface area contributed by atoms with Crippen LogP contribution >= 0.6 is 0 Å². The summed E-state index contributed by atoms with van der Waals surface area (Å²) in [6.07, 6.45) is 2.22. The molecule has 106 valence electrons. The van der Waals surface area contributed by atoms with Gasteiger partial charge in [0.1, 0.15) is 11.5 Å². The van der Waals surface area contributed by atoms with Gasteiger partial charge in [-0.05, 0) is 25.8 Å². The van der Waals surface area contributed by atoms with E-state index in [4.69, 9.17) is 19.9 Å². The first kappa shape index (κ1) is 14.2. The summed E-state index contributed by atoms with van der Waals surface area (Å²) in [5, 5.41) is 0. The van der Waals surface area contributed by atoms with E-state index in [1.54, 1.807) is 21.3 Å². The quantitative estimate of drug-likeness (QED) is 0.857. The highest BCUT2D eigenvalue weighted by molar-refractivity contribution is 5.55. The van der Waals surface area contributed by atoms with Gasteiger partial charge in [0, 0.05) is 24.1 Å². The summed E-state index contributed by atoms with van der Waals surface area (Å²) in [6.45, 7) is 2.53. The summed E-state index contributed by atoms with van der Waals surface area (Å²) in [7, 11) is 5.02. The van der Waals surface area contributed by atoms with Crippen LogP contribution in [0.2, 0.25) is 0 Å². The van der Waals surface area contributed by atoms with Crippen LogP contribution in [-0.2, 0) is 16.8 Å². The SMILES string of the molecule is COCc1c(OC)ccc(C2(C(C)N)CC2)c1OC. The van der Waals surface area contributed by atoms with Crippen molar-refractivity contribution < 1.29 is 14.2 Å². The number of hydrogen-bond donors (Lipinski definition) is 1. The number of nitrogens with two attached hydrogens (primary N) is 1. The summed E-state index contributed by atoms with van der Waals surface area (Å²) >= 11 is 0. The van der Waals surface area contributed by atoms with E-state index in [1.807, 2.05) is 6.07 Å². The standard InChI is InChI=1S/C15H23NO3/c1-10(16)15(7-8-15)12-5-6-13(18-3)11(9-17-2)14(12)19-4/h5-6,10H,7-9,16H2,1-4H3. The first-order valence-electron chi connectivity index (χ1n) is 6.59. The van der Waals surface area contributed by atoms with Crippen LogP contribution in [0, 0.1) is 0 Å². The summed E-state index contributed by atoms with van der Waals surface area (Å²) in [5.74, 6) is 1.65. The molecule has 1 fully saturated rings. The van der Waals surface area contributed by atoms with E-state index >= 15 is 0 Å². The minimum absolute atomic E-state index is 0.0557. The second-order valence-corrected chi connectivity index (χ2v) is 5.21. The molecule has 0 radical (unpaired) electrons. The maximum Gasteiger partial charge on any atom is 0.131 e. The number of rotatable bonds is 6. The van der Waals surface area contributed by atoms with Crippen LogP contribution in [0.15, 0.2) is 12.1 Å². The van der Waals surface area contributed by atoms with Crippen molar-refractivity contribution in [2.45, 2.75) is 37.8 Å². The zero-order valence-corrected chi connectivity index (χ0v) is 12.2. The zero-order chi connectivity index (χ0) is 14.0. The summed E-state index contributed by atoms with van der Waals surface area (Å²) in [5.41, 5.74) is 8.35. The first-order valence-corrected chi connectivity index (χ1v) is 6.59. The molecule has 0 aliphatic heterocycles. The average Bonchev–Trinajstić information content (AvgIpc) is 3.20. The summed E-state index contributed by atoms with van der Waals surface area (Å²) in [4.78, 5) is 0. The molecule has 1 aromatic rings. The lowest BCUT2D eigenvalue weighted by atomic mass is 9.87. The molecule has 4 nitrogen and oxygen atoms in total. The van der Waals surface area contributed by atoms with E-state index in [-0.39, 0.29) is 11.5 Å². The molecule has 2 rings (SSSR count). The van der Waals surface area contributed by atoms with Crippen LogP contribution in [0.4, 0.5) is 0 Å². The van der Waals surface area contributed by atoms with Gasteiger partial charge in [0.05, 0.1) is 26.4 Å². The Bertz CT molecular complexity index is 453. The molecule has 0 spiro atoms. The first-order chi connectivity index (χ1) is 9.10. The van der Waals surface area contributed by atoms with Gasteiger partial charge >= 0.3 is 0 Å². The van der Waals surface area contributed by atoms with Crippen molar-refractivity contribution in [1.29, 1.82) is 0 Å². The largest absolute Gasteiger partial charge is 0.496 e. The Morgan fingerprint density at radius 2 is 1.89 bits per heavy atom. The number of methoxy groups -OCH3 is 3. The molecule has 1 aliphatic rings. The monoisotopic (exact) mass is 265 g/mol. The van der Waals surface area contributed by atoms with Gasteiger partial charge in [-0.1, -0.05) is 6.07 Å². The van der Waals surface area contributed by atoms with Gasteiger partial charge in [-0.3, -0.25) is 0 Å². The van der Waals surface area contributed by atoms with Gasteiger partial charge in [0.15, 0.2) is 0 Å². The fourth-order valence-corrected chi connectivity index (χ4v) is 2.81. The zero-order valence-electron chi connectivity index (χ0n) is 12.2. The van der Waals surface area contributed by atoms with Gasteiger partial charge in [0.25, 0.3) is 0 Å². The molecule has 1 saturated carbocycles. The fourth-order valence-electron chi connectivity index (χ4n) is 2.81. The lowest BCUT2D eigenvalue weighted by Crippen LogP contribution is -2.32. The Hall–Kier alpha value is -1.26. The second kappa shape index (κ2) is 5.39. The van der Waals surface area contributed by atoms with Crippen molar-refractivity contribution in [3.63, 3.8) is 0 Å². The third-order valence-electron chi connectivity index (χ3n) is 4.13. The summed E-state index contributed by atoms with van der Waals surface area (Å²) < 4.78 is 16.3. The Morgan fingerprint density at radius 3 is 2.32 bits per heavy atom. The molecule has 1 aliphatic carbocycles. The maximum absolute atomic E-state index is 6.16. The molecule has 0 bridgehead atoms. The van der Waals surface area contributed by atoms with Crippen molar-refractivity contribution in [1.82, 2.24) is 0 Å². The van der Waals surface area contributed by atoms with Crippen LogP contribution in [0.1, 0.15) is 30.9 Å². The highest BCUT2D eigenvalue weighted by atomic mass is 16.5. The Morgan fingerprint density at radius 1 is 1.21 bits per heavy atom. The topological polar surface area (TPSA) is 53.7 Å². The predicted octanol–water partition coefficient (Wildman–Crippen LogP) is 2.23. The van der Waals surface area contributed by atoms with E-state index < -0.39 is 0 Å². The van der Waals surface area contributed by atoms with Crippen molar-refractivity contribution in [2.24, 2.45) is 5.73 Å². The van der Waals surface area contributed by atoms with Gasteiger partial charge in [-0.25, -0.2) is 0 Å². The van der Waals surface area contributed by atoms with Gasteiger partial charge < -0.3 is 19.9 Å². The minimum Gasteiger partial charge on any atom is -0.496 e. The molecule has 0 saturated heterocycles. The Kier molecular flexibility index (Phi) is 4.02. The Labute approximate surface area is 114 Å². The molecule has 1 aromatic carbocycles. The van der Waals surface area contributed by atoms with Crippen LogP contribution in [0.5, 0.6) is 11.5 Å². The second-order valence-electron chi connectivity index (χ2n) is 5.21. The third-order valence-corrected chi connectivity index (χ3v) is 4.13. The highest BCUT2D eigenvalue weighted by Gasteiger charge is 2.49. The van der Waals surface area contributed by atoms with Crippen LogP contribution in [-0.4, -0.2) is 27.4 Å². The normalized spacial score (nSPS) is 17.9. The van der Waals surface area contributed by atoms with E-state index in [1.165, 1.54) is 5.56 Å². The van der Waals surface area contributed by atoms with Crippen LogP contribution < -0.4 is 15.2 Å². The molecular formula is C15H23NO3. The number of ether oxygens (including phenoxy) is 3. The van der Waals surface area contributed by atoms with Crippen LogP contribution in [0.25, 0.3) is 0 Å². The smallest absolute Gasteiger partial charge is 0.131 e. The highest BCUT2D eigenvalue weighted by Crippen LogP contribution is 2.54. The predicted molar refractivity (Wildman–Crippen MR) is 74.8 cm³/mol. The Balaban J connectivity index is 2.54. The molecule has 19 heavy (non-hydrogen) atoms. The fraction of sp³-hybridized carbons (Fsp3) is 0.600. The van der Waals surface area contributed by atoms with E-state index in [0.717, 1.165) is 29.9 Å². The van der Waals surface area contributed by atoms with Gasteiger partial charge in [-0.15, -0.1) is 0 Å². The van der Waals surface area contributed by atoms with Gasteiger partial charge in [-0.2, -0.15) is 0 Å². The maximum atomic E-state index is 6.16. The van der Waals surface area contributed by atoms with E-state index in [9.17, 15) is 0 Å². The molecule has 2 N–H and O–H groups in total. The third kappa shape index (κ3) is 2.30. The van der Waals surface area contributed by atoms with Crippen molar-refractivity contribution in [3.8, 4) is 11.5 Å². The van der Waals surface area contributed by atoms with Gasteiger partial charge in [0.2, 0.25) is 0 Å². The molecule has 1 atom stereocenters. The molecule has 1 unspecified atom stereocenters. The van der Waals surface area contributed by atoms with Crippen molar-refractivity contribution >= 4 is 0 Å². The minimum atomic E-state index is 0.0557. The average molecular weight is 265 g/mol. The van der Waals surface area contributed by atoms with Crippen LogP contribution in [0.3, 0.4) is 0 Å². The van der Waals surface area contributed by atoms with Crippen molar-refractivity contribution in [2.75, 3.05) is 21.3 Å². The van der Waals surface area contributed by atoms with E-state index in [0.29, 0.717) is 6.61 Å².